The lowest BCUT2D eigenvalue weighted by Crippen LogP contribution is -2.53. The zero-order valence-electron chi connectivity index (χ0n) is 13.9. The fraction of sp³-hybridized carbons (Fsp3) is 1.00. The lowest BCUT2D eigenvalue weighted by molar-refractivity contribution is 0.125. The zero-order chi connectivity index (χ0) is 15.7. The Hall–Kier alpha value is -0.130. The molecule has 0 amide bonds. The molecule has 4 atom stereocenters. The molecule has 4 nitrogen and oxygen atoms in total. The Balaban J connectivity index is 2.21. The molecule has 2 rings (SSSR count). The highest BCUT2D eigenvalue weighted by atomic mass is 32.2. The molecular weight excluding hydrogens is 286 g/mol. The summed E-state index contributed by atoms with van der Waals surface area (Å²) in [6, 6.07) is 0.107. The molecule has 124 valence electrons. The van der Waals surface area contributed by atoms with Crippen LogP contribution in [0.15, 0.2) is 0 Å². The summed E-state index contributed by atoms with van der Waals surface area (Å²) in [5.74, 6) is 0. The second kappa shape index (κ2) is 6.55. The van der Waals surface area contributed by atoms with Crippen LogP contribution in [-0.4, -0.2) is 44.2 Å². The van der Waals surface area contributed by atoms with Gasteiger partial charge in [-0.05, 0) is 51.0 Å². The Kier molecular flexibility index (Phi) is 5.37. The normalized spacial score (nSPS) is 36.8. The van der Waals surface area contributed by atoms with Crippen molar-refractivity contribution < 1.29 is 13.2 Å². The standard InChI is InChI=1S/C16H31NO3S/c1-5-9-17-13-6-8-16(3,4)11-15(13)21(18,19)14-7-10-20-12(14)2/h12-15,17H,5-11H2,1-4H3. The third kappa shape index (κ3) is 3.80. The smallest absolute Gasteiger partial charge is 0.160 e. The first-order chi connectivity index (χ1) is 9.78. The van der Waals surface area contributed by atoms with Gasteiger partial charge in [0, 0.05) is 12.6 Å². The Morgan fingerprint density at radius 3 is 2.52 bits per heavy atom. The van der Waals surface area contributed by atoms with E-state index in [0.717, 1.165) is 32.2 Å². The van der Waals surface area contributed by atoms with Crippen molar-refractivity contribution in [1.29, 1.82) is 0 Å². The van der Waals surface area contributed by atoms with E-state index in [-0.39, 0.29) is 28.1 Å². The van der Waals surface area contributed by atoms with Crippen LogP contribution in [-0.2, 0) is 14.6 Å². The van der Waals surface area contributed by atoms with Crippen molar-refractivity contribution in [3.63, 3.8) is 0 Å². The third-order valence-corrected chi connectivity index (χ3v) is 7.94. The molecule has 1 N–H and O–H groups in total. The summed E-state index contributed by atoms with van der Waals surface area (Å²) >= 11 is 0. The predicted molar refractivity (Wildman–Crippen MR) is 86.2 cm³/mol. The van der Waals surface area contributed by atoms with Gasteiger partial charge in [0.25, 0.3) is 0 Å². The fourth-order valence-corrected chi connectivity index (χ4v) is 6.66. The van der Waals surface area contributed by atoms with E-state index in [1.165, 1.54) is 0 Å². The Bertz CT molecular complexity index is 446. The molecule has 1 saturated heterocycles. The number of ether oxygens (including phenoxy) is 1. The van der Waals surface area contributed by atoms with Crippen LogP contribution in [0.1, 0.15) is 59.8 Å². The van der Waals surface area contributed by atoms with Crippen LogP contribution in [0.2, 0.25) is 0 Å². The molecule has 1 aliphatic heterocycles. The van der Waals surface area contributed by atoms with Crippen LogP contribution in [0.25, 0.3) is 0 Å². The average Bonchev–Trinajstić information content (AvgIpc) is 2.83. The van der Waals surface area contributed by atoms with E-state index >= 15 is 0 Å². The summed E-state index contributed by atoms with van der Waals surface area (Å²) in [5, 5.41) is 2.90. The molecule has 0 spiro atoms. The van der Waals surface area contributed by atoms with Crippen molar-refractivity contribution in [1.82, 2.24) is 5.32 Å². The molecule has 5 heteroatoms. The first-order valence-electron chi connectivity index (χ1n) is 8.35. The average molecular weight is 317 g/mol. The first kappa shape index (κ1) is 17.2. The maximum atomic E-state index is 13.1. The van der Waals surface area contributed by atoms with Gasteiger partial charge in [-0.3, -0.25) is 0 Å². The van der Waals surface area contributed by atoms with Gasteiger partial charge in [-0.25, -0.2) is 8.42 Å². The van der Waals surface area contributed by atoms with Crippen molar-refractivity contribution in [2.75, 3.05) is 13.2 Å². The molecular formula is C16H31NO3S. The van der Waals surface area contributed by atoms with Crippen LogP contribution in [0.5, 0.6) is 0 Å². The van der Waals surface area contributed by atoms with Crippen molar-refractivity contribution >= 4 is 9.84 Å². The van der Waals surface area contributed by atoms with Crippen molar-refractivity contribution in [2.45, 2.75) is 82.4 Å². The minimum absolute atomic E-state index is 0.107. The lowest BCUT2D eigenvalue weighted by atomic mass is 9.75. The van der Waals surface area contributed by atoms with Crippen molar-refractivity contribution in [3.05, 3.63) is 0 Å². The van der Waals surface area contributed by atoms with Gasteiger partial charge in [0.05, 0.1) is 16.6 Å². The second-order valence-corrected chi connectivity index (χ2v) is 9.89. The zero-order valence-corrected chi connectivity index (χ0v) is 14.7. The highest BCUT2D eigenvalue weighted by Crippen LogP contribution is 2.40. The molecule has 1 saturated carbocycles. The third-order valence-electron chi connectivity index (χ3n) is 5.14. The summed E-state index contributed by atoms with van der Waals surface area (Å²) in [6.45, 7) is 9.89. The van der Waals surface area contributed by atoms with Gasteiger partial charge in [-0.1, -0.05) is 20.8 Å². The van der Waals surface area contributed by atoms with Gasteiger partial charge in [0.15, 0.2) is 9.84 Å². The second-order valence-electron chi connectivity index (χ2n) is 7.50. The van der Waals surface area contributed by atoms with Crippen LogP contribution < -0.4 is 5.32 Å². The highest BCUT2D eigenvalue weighted by molar-refractivity contribution is 7.92. The molecule has 0 aromatic carbocycles. The van der Waals surface area contributed by atoms with Gasteiger partial charge in [0.2, 0.25) is 0 Å². The maximum absolute atomic E-state index is 13.1. The van der Waals surface area contributed by atoms with E-state index in [0.29, 0.717) is 13.0 Å². The van der Waals surface area contributed by atoms with Crippen LogP contribution in [0.4, 0.5) is 0 Å². The van der Waals surface area contributed by atoms with E-state index in [9.17, 15) is 8.42 Å². The summed E-state index contributed by atoms with van der Waals surface area (Å²) in [5.41, 5.74) is 0.116. The maximum Gasteiger partial charge on any atom is 0.160 e. The largest absolute Gasteiger partial charge is 0.377 e. The molecule has 1 aliphatic carbocycles. The molecule has 2 fully saturated rings. The van der Waals surface area contributed by atoms with Gasteiger partial charge < -0.3 is 10.1 Å². The van der Waals surface area contributed by atoms with Crippen molar-refractivity contribution in [2.24, 2.45) is 5.41 Å². The van der Waals surface area contributed by atoms with Gasteiger partial charge in [0.1, 0.15) is 0 Å². The van der Waals surface area contributed by atoms with E-state index in [1.807, 2.05) is 6.92 Å². The van der Waals surface area contributed by atoms with Crippen LogP contribution in [0, 0.1) is 5.41 Å². The monoisotopic (exact) mass is 317 g/mol. The van der Waals surface area contributed by atoms with E-state index < -0.39 is 9.84 Å². The molecule has 21 heavy (non-hydrogen) atoms. The van der Waals surface area contributed by atoms with E-state index in [1.54, 1.807) is 0 Å². The quantitative estimate of drug-likeness (QED) is 0.846. The Morgan fingerprint density at radius 2 is 1.95 bits per heavy atom. The Morgan fingerprint density at radius 1 is 1.24 bits per heavy atom. The van der Waals surface area contributed by atoms with Crippen molar-refractivity contribution in [3.8, 4) is 0 Å². The van der Waals surface area contributed by atoms with Gasteiger partial charge in [-0.15, -0.1) is 0 Å². The van der Waals surface area contributed by atoms with Crippen LogP contribution in [0.3, 0.4) is 0 Å². The number of hydrogen-bond donors (Lipinski definition) is 1. The highest BCUT2D eigenvalue weighted by Gasteiger charge is 2.47. The number of sulfone groups is 1. The van der Waals surface area contributed by atoms with Crippen LogP contribution >= 0.6 is 0 Å². The Labute approximate surface area is 129 Å². The summed E-state index contributed by atoms with van der Waals surface area (Å²) in [6.07, 6.45) is 4.35. The topological polar surface area (TPSA) is 55.4 Å². The summed E-state index contributed by atoms with van der Waals surface area (Å²) < 4.78 is 31.8. The minimum Gasteiger partial charge on any atom is -0.377 e. The predicted octanol–water partition coefficient (Wildman–Crippen LogP) is 2.53. The molecule has 4 unspecified atom stereocenters. The van der Waals surface area contributed by atoms with Gasteiger partial charge >= 0.3 is 0 Å². The first-order valence-corrected chi connectivity index (χ1v) is 9.96. The van der Waals surface area contributed by atoms with Gasteiger partial charge in [-0.2, -0.15) is 0 Å². The number of rotatable bonds is 5. The fourth-order valence-electron chi connectivity index (χ4n) is 3.80. The molecule has 0 aromatic heterocycles. The molecule has 1 heterocycles. The number of hydrogen-bond acceptors (Lipinski definition) is 4. The minimum atomic E-state index is -3.15. The molecule has 0 radical (unpaired) electrons. The lowest BCUT2D eigenvalue weighted by Gasteiger charge is -2.42. The molecule has 2 aliphatic rings. The van der Waals surface area contributed by atoms with E-state index in [2.05, 4.69) is 26.1 Å². The number of nitrogens with one attached hydrogen (secondary N) is 1. The molecule has 0 aromatic rings. The summed E-state index contributed by atoms with van der Waals surface area (Å²) in [4.78, 5) is 0. The molecule has 0 bridgehead atoms. The van der Waals surface area contributed by atoms with E-state index in [4.69, 9.17) is 4.74 Å². The SMILES string of the molecule is CCCNC1CCC(C)(C)CC1S(=O)(=O)C1CCOC1C. The summed E-state index contributed by atoms with van der Waals surface area (Å²) in [7, 11) is -3.15.